The molecule has 0 aliphatic heterocycles. The number of ether oxygens (including phenoxy) is 2. The number of anilines is 1. The Labute approximate surface area is 204 Å². The molecule has 1 fully saturated rings. The number of nitrogens with zero attached hydrogens (tertiary/aromatic N) is 3. The molecule has 2 aromatic carbocycles. The van der Waals surface area contributed by atoms with E-state index in [2.05, 4.69) is 26.0 Å². The summed E-state index contributed by atoms with van der Waals surface area (Å²) in [5.41, 5.74) is 10.2. The summed E-state index contributed by atoms with van der Waals surface area (Å²) in [5.74, 6) is 1.65. The van der Waals surface area contributed by atoms with E-state index in [1.54, 1.807) is 6.92 Å². The number of nitrogens with one attached hydrogen (secondary N) is 1. The first-order valence-electron chi connectivity index (χ1n) is 11.9. The van der Waals surface area contributed by atoms with Crippen molar-refractivity contribution in [3.8, 4) is 16.9 Å². The van der Waals surface area contributed by atoms with Gasteiger partial charge in [-0.3, -0.25) is 0 Å². The lowest BCUT2D eigenvalue weighted by molar-refractivity contribution is 0.141. The summed E-state index contributed by atoms with van der Waals surface area (Å²) in [7, 11) is 0. The van der Waals surface area contributed by atoms with Gasteiger partial charge < -0.3 is 25.1 Å². The third-order valence-corrected chi connectivity index (χ3v) is 6.45. The minimum absolute atomic E-state index is 0.284. The van der Waals surface area contributed by atoms with Gasteiger partial charge in [0.2, 0.25) is 0 Å². The lowest BCUT2D eigenvalue weighted by Gasteiger charge is -2.36. The minimum Gasteiger partial charge on any atom is -0.489 e. The van der Waals surface area contributed by atoms with Gasteiger partial charge in [-0.15, -0.1) is 0 Å². The van der Waals surface area contributed by atoms with Crippen LogP contribution in [0.3, 0.4) is 0 Å². The number of aromatic nitrogens is 3. The fraction of sp³-hybridized carbons (Fsp3) is 0.296. The van der Waals surface area contributed by atoms with Gasteiger partial charge in [0, 0.05) is 24.3 Å². The number of fused-ring (bicyclic) bond motifs is 1. The van der Waals surface area contributed by atoms with E-state index in [0.717, 1.165) is 46.3 Å². The van der Waals surface area contributed by atoms with Crippen LogP contribution in [0.1, 0.15) is 31.4 Å². The van der Waals surface area contributed by atoms with Gasteiger partial charge in [-0.1, -0.05) is 42.5 Å². The number of carbonyl (C=O) groups is 1. The van der Waals surface area contributed by atoms with Crippen molar-refractivity contribution in [2.45, 2.75) is 32.4 Å². The highest BCUT2D eigenvalue weighted by atomic mass is 16.5. The molecule has 1 saturated carbocycles. The minimum atomic E-state index is -0.362. The number of hydrogen-bond donors (Lipinski definition) is 2. The molecule has 5 rings (SSSR count). The van der Waals surface area contributed by atoms with Gasteiger partial charge >= 0.3 is 6.09 Å². The Bertz CT molecular complexity index is 1320. The average Bonchev–Trinajstić information content (AvgIpc) is 3.23. The zero-order chi connectivity index (χ0) is 24.2. The van der Waals surface area contributed by atoms with Gasteiger partial charge in [0.25, 0.3) is 0 Å². The zero-order valence-corrected chi connectivity index (χ0v) is 19.7. The Morgan fingerprint density at radius 2 is 1.97 bits per heavy atom. The molecule has 0 spiro atoms. The molecular formula is C27H29N5O3. The predicted octanol–water partition coefficient (Wildman–Crippen LogP) is 4.96. The number of hydrogen-bond acceptors (Lipinski definition) is 6. The van der Waals surface area contributed by atoms with Gasteiger partial charge in [0.05, 0.1) is 12.0 Å². The Hall–Kier alpha value is -4.07. The molecule has 2 aromatic heterocycles. The van der Waals surface area contributed by atoms with E-state index in [9.17, 15) is 4.79 Å². The topological polar surface area (TPSA) is 104 Å². The molecule has 1 aliphatic rings. The number of rotatable bonds is 8. The molecule has 0 saturated heterocycles. The monoisotopic (exact) mass is 471 g/mol. The van der Waals surface area contributed by atoms with Gasteiger partial charge in [-0.05, 0) is 48.9 Å². The highest BCUT2D eigenvalue weighted by Gasteiger charge is 2.32. The summed E-state index contributed by atoms with van der Waals surface area (Å²) in [6.45, 7) is 3.28. The van der Waals surface area contributed by atoms with E-state index in [4.69, 9.17) is 15.2 Å². The Morgan fingerprint density at radius 3 is 2.77 bits per heavy atom. The van der Waals surface area contributed by atoms with Crippen LogP contribution in [0.15, 0.2) is 67.1 Å². The van der Waals surface area contributed by atoms with Gasteiger partial charge in [-0.2, -0.15) is 0 Å². The number of amides is 1. The van der Waals surface area contributed by atoms with Crippen LogP contribution in [0.2, 0.25) is 0 Å². The van der Waals surface area contributed by atoms with Gasteiger partial charge in [-0.25, -0.2) is 14.8 Å². The predicted molar refractivity (Wildman–Crippen MR) is 135 cm³/mol. The van der Waals surface area contributed by atoms with Crippen LogP contribution in [0.5, 0.6) is 5.75 Å². The molecule has 0 atom stereocenters. The molecular weight excluding hydrogens is 442 g/mol. The van der Waals surface area contributed by atoms with Gasteiger partial charge in [0.1, 0.15) is 30.1 Å². The van der Waals surface area contributed by atoms with Crippen molar-refractivity contribution in [1.29, 1.82) is 0 Å². The summed E-state index contributed by atoms with van der Waals surface area (Å²) in [5, 5.41) is 3.68. The SMILES string of the molecule is CCOC(=O)NC[C@H]1C[C@H](n2cc(-c3cccc(OCc4ccccc4)c3)c3c(N)ncnc32)C1. The zero-order valence-electron chi connectivity index (χ0n) is 19.7. The lowest BCUT2D eigenvalue weighted by Crippen LogP contribution is -2.37. The van der Waals surface area contributed by atoms with E-state index in [1.807, 2.05) is 54.6 Å². The molecule has 0 unspecified atom stereocenters. The van der Waals surface area contributed by atoms with Crippen LogP contribution in [0.25, 0.3) is 22.2 Å². The first kappa shape index (κ1) is 22.7. The van der Waals surface area contributed by atoms with E-state index >= 15 is 0 Å². The van der Waals surface area contributed by atoms with Crippen LogP contribution >= 0.6 is 0 Å². The van der Waals surface area contributed by atoms with Crippen molar-refractivity contribution in [2.75, 3.05) is 18.9 Å². The summed E-state index contributed by atoms with van der Waals surface area (Å²) in [4.78, 5) is 20.4. The molecule has 1 aliphatic carbocycles. The summed E-state index contributed by atoms with van der Waals surface area (Å²) in [6.07, 6.45) is 5.15. The lowest BCUT2D eigenvalue weighted by atomic mass is 9.80. The maximum atomic E-state index is 11.6. The summed E-state index contributed by atoms with van der Waals surface area (Å²) >= 11 is 0. The summed E-state index contributed by atoms with van der Waals surface area (Å²) < 4.78 is 13.2. The number of nitrogen functional groups attached to an aromatic ring is 1. The van der Waals surface area contributed by atoms with E-state index in [0.29, 0.717) is 31.5 Å². The smallest absolute Gasteiger partial charge is 0.407 e. The van der Waals surface area contributed by atoms with Crippen LogP contribution in [-0.4, -0.2) is 33.8 Å². The number of nitrogens with two attached hydrogens (primary N) is 1. The average molecular weight is 472 g/mol. The largest absolute Gasteiger partial charge is 0.489 e. The van der Waals surface area contributed by atoms with Crippen molar-refractivity contribution < 1.29 is 14.3 Å². The fourth-order valence-corrected chi connectivity index (χ4v) is 4.60. The molecule has 8 nitrogen and oxygen atoms in total. The van der Waals surface area contributed by atoms with Crippen molar-refractivity contribution in [3.05, 3.63) is 72.7 Å². The van der Waals surface area contributed by atoms with Crippen molar-refractivity contribution in [3.63, 3.8) is 0 Å². The van der Waals surface area contributed by atoms with E-state index in [1.165, 1.54) is 6.33 Å². The molecule has 4 aromatic rings. The highest BCUT2D eigenvalue weighted by molar-refractivity contribution is 6.00. The van der Waals surface area contributed by atoms with E-state index < -0.39 is 0 Å². The number of benzene rings is 2. The second-order valence-electron chi connectivity index (χ2n) is 8.80. The first-order chi connectivity index (χ1) is 17.1. The molecule has 1 amide bonds. The van der Waals surface area contributed by atoms with Crippen LogP contribution in [0.4, 0.5) is 10.6 Å². The quantitative estimate of drug-likeness (QED) is 0.377. The molecule has 8 heteroatoms. The standard InChI is InChI=1S/C27H29N5O3/c1-2-34-27(33)29-14-19-11-21(12-19)32-15-23(24-25(28)30-17-31-26(24)32)20-9-6-10-22(13-20)35-16-18-7-4-3-5-8-18/h3-10,13,15,17,19,21H,2,11-12,14,16H2,1H3,(H,29,33)(H2,28,30,31)/t19-,21-. The van der Waals surface area contributed by atoms with Crippen LogP contribution < -0.4 is 15.8 Å². The molecule has 35 heavy (non-hydrogen) atoms. The van der Waals surface area contributed by atoms with Crippen LogP contribution in [0, 0.1) is 5.92 Å². The molecule has 180 valence electrons. The molecule has 2 heterocycles. The Morgan fingerprint density at radius 1 is 1.14 bits per heavy atom. The Balaban J connectivity index is 1.36. The first-order valence-corrected chi connectivity index (χ1v) is 11.9. The third kappa shape index (κ3) is 4.91. The van der Waals surface area contributed by atoms with Crippen molar-refractivity contribution in [2.24, 2.45) is 5.92 Å². The van der Waals surface area contributed by atoms with Crippen LogP contribution in [-0.2, 0) is 11.3 Å². The Kier molecular flexibility index (Phi) is 6.52. The normalized spacial score (nSPS) is 17.1. The molecule has 0 radical (unpaired) electrons. The maximum Gasteiger partial charge on any atom is 0.407 e. The number of alkyl carbamates (subject to hydrolysis) is 1. The number of carbonyl (C=O) groups excluding carboxylic acids is 1. The molecule has 3 N–H and O–H groups in total. The molecule has 0 bridgehead atoms. The van der Waals surface area contributed by atoms with E-state index in [-0.39, 0.29) is 12.1 Å². The van der Waals surface area contributed by atoms with Gasteiger partial charge in [0.15, 0.2) is 0 Å². The second-order valence-corrected chi connectivity index (χ2v) is 8.80. The van der Waals surface area contributed by atoms with Crippen molar-refractivity contribution in [1.82, 2.24) is 19.9 Å². The summed E-state index contributed by atoms with van der Waals surface area (Å²) in [6, 6.07) is 18.4. The second kappa shape index (κ2) is 10.0. The highest BCUT2D eigenvalue weighted by Crippen LogP contribution is 2.43. The van der Waals surface area contributed by atoms with Crippen molar-refractivity contribution >= 4 is 22.9 Å². The third-order valence-electron chi connectivity index (χ3n) is 6.45. The fourth-order valence-electron chi connectivity index (χ4n) is 4.60. The maximum absolute atomic E-state index is 11.6.